The monoisotopic (exact) mass is 225 g/mol. The largest absolute Gasteiger partial charge is 0.495 e. The van der Waals surface area contributed by atoms with Crippen molar-refractivity contribution in [2.75, 3.05) is 13.7 Å². The smallest absolute Gasteiger partial charge is 0.417 e. The zero-order valence-electron chi connectivity index (χ0n) is 8.20. The van der Waals surface area contributed by atoms with Gasteiger partial charge >= 0.3 is 6.47 Å². The molecule has 3 nitrogen and oxygen atoms in total. The van der Waals surface area contributed by atoms with Gasteiger partial charge in [-0.05, 0) is 23.8 Å². The Morgan fingerprint density at radius 1 is 1.53 bits per heavy atom. The first kappa shape index (κ1) is 11.6. The fraction of sp³-hybridized carbons (Fsp3) is 0.182. The Kier molecular flexibility index (Phi) is 4.71. The fourth-order valence-corrected chi connectivity index (χ4v) is 1.32. The minimum atomic E-state index is 0.202. The first-order valence-corrected chi connectivity index (χ1v) is 4.64. The van der Waals surface area contributed by atoms with E-state index in [0.717, 1.165) is 5.56 Å². The molecule has 1 aromatic carbocycles. The van der Waals surface area contributed by atoms with Crippen LogP contribution in [-0.2, 0) is 9.53 Å². The number of hydrogen-bond acceptors (Lipinski definition) is 3. The molecular weight excluding hydrogens is 216 g/mol. The van der Waals surface area contributed by atoms with Crippen LogP contribution in [0.1, 0.15) is 5.56 Å². The highest BCUT2D eigenvalue weighted by atomic mass is 35.5. The van der Waals surface area contributed by atoms with Gasteiger partial charge in [-0.15, -0.1) is 0 Å². The molecule has 79 valence electrons. The maximum Gasteiger partial charge on any atom is 0.417 e. The van der Waals surface area contributed by atoms with Crippen molar-refractivity contribution in [3.63, 3.8) is 0 Å². The molecule has 1 aromatic rings. The lowest BCUT2D eigenvalue weighted by atomic mass is 10.2. The molecule has 0 aliphatic rings. The van der Waals surface area contributed by atoms with E-state index in [1.807, 2.05) is 6.07 Å². The van der Waals surface area contributed by atoms with E-state index < -0.39 is 0 Å². The third-order valence-electron chi connectivity index (χ3n) is 1.72. The summed E-state index contributed by atoms with van der Waals surface area (Å²) < 4.78 is 9.39. The molecule has 0 unspecified atom stereocenters. The topological polar surface area (TPSA) is 35.5 Å². The van der Waals surface area contributed by atoms with Crippen LogP contribution in [0.3, 0.4) is 0 Å². The van der Waals surface area contributed by atoms with Crippen molar-refractivity contribution in [2.45, 2.75) is 0 Å². The molecule has 0 N–H and O–H groups in total. The number of rotatable bonds is 5. The number of hydrogen-bond donors (Lipinski definition) is 0. The lowest BCUT2D eigenvalue weighted by molar-refractivity contribution is 0.314. The van der Waals surface area contributed by atoms with Crippen molar-refractivity contribution in [1.29, 1.82) is 0 Å². The van der Waals surface area contributed by atoms with Crippen molar-refractivity contribution in [3.05, 3.63) is 34.9 Å². The Balaban J connectivity index is 2.66. The molecule has 0 heterocycles. The van der Waals surface area contributed by atoms with Gasteiger partial charge < -0.3 is 9.47 Å². The van der Waals surface area contributed by atoms with E-state index in [2.05, 4.69) is 4.74 Å². The Hall–Kier alpha value is -1.48. The van der Waals surface area contributed by atoms with Crippen LogP contribution in [0.25, 0.3) is 6.08 Å². The molecule has 0 aliphatic carbocycles. The number of carbonyl (C=O) groups excluding carboxylic acids is 1. The van der Waals surface area contributed by atoms with E-state index in [-0.39, 0.29) is 6.61 Å². The Labute approximate surface area is 93.3 Å². The average molecular weight is 226 g/mol. The van der Waals surface area contributed by atoms with Gasteiger partial charge in [-0.25, -0.2) is 4.79 Å². The van der Waals surface area contributed by atoms with Gasteiger partial charge in [-0.1, -0.05) is 23.7 Å². The normalized spacial score (nSPS) is 10.3. The SMILES string of the molecule is COc1ccc(C=CCO[C]=O)cc1Cl. The quantitative estimate of drug-likeness (QED) is 0.722. The Morgan fingerprint density at radius 2 is 2.33 bits per heavy atom. The standard InChI is InChI=1S/C11H10ClO3/c1-14-11-5-4-9(7-10(11)12)3-2-6-15-8-13/h2-5,7H,6H2,1H3. The summed E-state index contributed by atoms with van der Waals surface area (Å²) in [7, 11) is 1.56. The summed E-state index contributed by atoms with van der Waals surface area (Å²) in [5, 5.41) is 0.544. The molecule has 0 spiro atoms. The minimum absolute atomic E-state index is 0.202. The van der Waals surface area contributed by atoms with Crippen LogP contribution in [0.2, 0.25) is 5.02 Å². The van der Waals surface area contributed by atoms with Gasteiger partial charge in [-0.3, -0.25) is 0 Å². The molecule has 0 saturated carbocycles. The Morgan fingerprint density at radius 3 is 2.93 bits per heavy atom. The third-order valence-corrected chi connectivity index (χ3v) is 2.02. The van der Waals surface area contributed by atoms with E-state index in [1.54, 1.807) is 31.4 Å². The molecule has 1 radical (unpaired) electrons. The third kappa shape index (κ3) is 3.64. The summed E-state index contributed by atoms with van der Waals surface area (Å²) in [6.07, 6.45) is 3.49. The average Bonchev–Trinajstić information content (AvgIpc) is 2.25. The summed E-state index contributed by atoms with van der Waals surface area (Å²) in [4.78, 5) is 9.74. The van der Waals surface area contributed by atoms with E-state index in [4.69, 9.17) is 16.3 Å². The maximum absolute atomic E-state index is 9.74. The van der Waals surface area contributed by atoms with Crippen molar-refractivity contribution >= 4 is 24.1 Å². The zero-order chi connectivity index (χ0) is 11.1. The molecule has 1 rings (SSSR count). The minimum Gasteiger partial charge on any atom is -0.495 e. The lowest BCUT2D eigenvalue weighted by Crippen LogP contribution is -1.86. The molecule has 15 heavy (non-hydrogen) atoms. The molecule has 4 heteroatoms. The molecule has 0 amide bonds. The van der Waals surface area contributed by atoms with E-state index in [0.29, 0.717) is 10.8 Å². The van der Waals surface area contributed by atoms with Crippen LogP contribution in [0, 0.1) is 0 Å². The highest BCUT2D eigenvalue weighted by Gasteiger charge is 1.98. The molecule has 0 atom stereocenters. The summed E-state index contributed by atoms with van der Waals surface area (Å²) in [6.45, 7) is 1.54. The van der Waals surface area contributed by atoms with Gasteiger partial charge in [0.15, 0.2) is 0 Å². The molecule has 0 fully saturated rings. The van der Waals surface area contributed by atoms with Gasteiger partial charge in [0.05, 0.1) is 12.1 Å². The summed E-state index contributed by atoms with van der Waals surface area (Å²) in [5.41, 5.74) is 0.912. The number of benzene rings is 1. The predicted octanol–water partition coefficient (Wildman–Crippen LogP) is 2.45. The number of halogens is 1. The highest BCUT2D eigenvalue weighted by molar-refractivity contribution is 6.32. The van der Waals surface area contributed by atoms with E-state index >= 15 is 0 Å². The van der Waals surface area contributed by atoms with Gasteiger partial charge in [0.1, 0.15) is 12.4 Å². The summed E-state index contributed by atoms with van der Waals surface area (Å²) in [6, 6.07) is 5.39. The number of ether oxygens (including phenoxy) is 2. The van der Waals surface area contributed by atoms with E-state index in [1.165, 1.54) is 6.47 Å². The fourth-order valence-electron chi connectivity index (χ4n) is 1.05. The van der Waals surface area contributed by atoms with E-state index in [9.17, 15) is 4.79 Å². The number of methoxy groups -OCH3 is 1. The summed E-state index contributed by atoms with van der Waals surface area (Å²) >= 11 is 5.92. The second-order valence-corrected chi connectivity index (χ2v) is 3.10. The molecule has 0 aliphatic heterocycles. The molecule has 0 bridgehead atoms. The highest BCUT2D eigenvalue weighted by Crippen LogP contribution is 2.25. The van der Waals surface area contributed by atoms with Crippen LogP contribution in [0.4, 0.5) is 0 Å². The van der Waals surface area contributed by atoms with Gasteiger partial charge in [-0.2, -0.15) is 0 Å². The second kappa shape index (κ2) is 6.09. The Bertz CT molecular complexity index is 361. The summed E-state index contributed by atoms with van der Waals surface area (Å²) in [5.74, 6) is 0.631. The first-order chi connectivity index (χ1) is 7.27. The molecule has 0 aromatic heterocycles. The zero-order valence-corrected chi connectivity index (χ0v) is 8.95. The van der Waals surface area contributed by atoms with Crippen molar-refractivity contribution in [3.8, 4) is 5.75 Å². The first-order valence-electron chi connectivity index (χ1n) is 4.27. The van der Waals surface area contributed by atoms with Crippen LogP contribution in [0.5, 0.6) is 5.75 Å². The van der Waals surface area contributed by atoms with Gasteiger partial charge in [0.2, 0.25) is 0 Å². The molecule has 0 saturated heterocycles. The van der Waals surface area contributed by atoms with Gasteiger partial charge in [0.25, 0.3) is 0 Å². The van der Waals surface area contributed by atoms with Crippen molar-refractivity contribution in [1.82, 2.24) is 0 Å². The van der Waals surface area contributed by atoms with Crippen molar-refractivity contribution in [2.24, 2.45) is 0 Å². The molecular formula is C11H10ClO3. The maximum atomic E-state index is 9.74. The van der Waals surface area contributed by atoms with Gasteiger partial charge in [0, 0.05) is 0 Å². The van der Waals surface area contributed by atoms with Crippen LogP contribution in [-0.4, -0.2) is 20.2 Å². The second-order valence-electron chi connectivity index (χ2n) is 2.69. The lowest BCUT2D eigenvalue weighted by Gasteiger charge is -2.02. The van der Waals surface area contributed by atoms with Crippen molar-refractivity contribution < 1.29 is 14.3 Å². The van der Waals surface area contributed by atoms with Crippen LogP contribution >= 0.6 is 11.6 Å². The van der Waals surface area contributed by atoms with Crippen LogP contribution < -0.4 is 4.74 Å². The van der Waals surface area contributed by atoms with Crippen LogP contribution in [0.15, 0.2) is 24.3 Å². The predicted molar refractivity (Wildman–Crippen MR) is 58.7 cm³/mol.